The Hall–Kier alpha value is -4.32. The number of carboxylic acid groups (broad SMARTS) is 2. The number of ether oxygens (including phenoxy) is 1. The van der Waals surface area contributed by atoms with E-state index in [0.717, 1.165) is 41.5 Å². The Morgan fingerprint density at radius 1 is 0.833 bits per heavy atom. The minimum Gasteiger partial charge on any atom is -0.494 e. The molecule has 0 saturated carbocycles. The first-order valence-corrected chi connectivity index (χ1v) is 12.0. The molecule has 0 aliphatic rings. The number of benzene rings is 3. The average molecular weight is 484 g/mol. The van der Waals surface area contributed by atoms with E-state index in [1.807, 2.05) is 60.7 Å². The van der Waals surface area contributed by atoms with E-state index in [4.69, 9.17) is 4.74 Å². The van der Waals surface area contributed by atoms with Crippen LogP contribution in [0.4, 0.5) is 0 Å². The number of unbranched alkanes of at least 4 members (excludes halogenated alkanes) is 1. The summed E-state index contributed by atoms with van der Waals surface area (Å²) in [4.78, 5) is 22.7. The zero-order valence-electron chi connectivity index (χ0n) is 20.0. The predicted molar refractivity (Wildman–Crippen MR) is 141 cm³/mol. The van der Waals surface area contributed by atoms with Gasteiger partial charge in [-0.2, -0.15) is 0 Å². The van der Waals surface area contributed by atoms with Crippen LogP contribution in [0.3, 0.4) is 0 Å². The maximum atomic E-state index is 11.4. The van der Waals surface area contributed by atoms with Crippen LogP contribution in [0.5, 0.6) is 5.75 Å². The lowest BCUT2D eigenvalue weighted by Crippen LogP contribution is -2.07. The van der Waals surface area contributed by atoms with Crippen molar-refractivity contribution < 1.29 is 24.5 Å². The van der Waals surface area contributed by atoms with Gasteiger partial charge in [0.05, 0.1) is 13.0 Å². The fourth-order valence-corrected chi connectivity index (χ4v) is 4.31. The van der Waals surface area contributed by atoms with Crippen molar-refractivity contribution in [2.45, 2.75) is 32.2 Å². The molecule has 2 N–H and O–H groups in total. The minimum atomic E-state index is -0.978. The molecule has 0 fully saturated rings. The second kappa shape index (κ2) is 11.9. The van der Waals surface area contributed by atoms with Gasteiger partial charge in [0.1, 0.15) is 12.3 Å². The summed E-state index contributed by atoms with van der Waals surface area (Å²) in [5.41, 5.74) is 4.46. The molecule has 0 aliphatic carbocycles. The Bertz CT molecular complexity index is 1350. The Labute approximate surface area is 210 Å². The summed E-state index contributed by atoms with van der Waals surface area (Å²) in [7, 11) is 0. The van der Waals surface area contributed by atoms with Crippen LogP contribution in [0, 0.1) is 0 Å². The third-order valence-electron chi connectivity index (χ3n) is 5.97. The molecule has 3 aromatic carbocycles. The van der Waals surface area contributed by atoms with E-state index in [1.165, 1.54) is 5.56 Å². The van der Waals surface area contributed by atoms with Crippen molar-refractivity contribution in [1.29, 1.82) is 0 Å². The van der Waals surface area contributed by atoms with E-state index < -0.39 is 11.9 Å². The van der Waals surface area contributed by atoms with Crippen molar-refractivity contribution in [3.05, 3.63) is 101 Å². The Kier molecular flexibility index (Phi) is 8.19. The lowest BCUT2D eigenvalue weighted by molar-refractivity contribution is -0.138. The highest BCUT2D eigenvalue weighted by Crippen LogP contribution is 2.28. The molecular formula is C30H29NO5. The summed E-state index contributed by atoms with van der Waals surface area (Å²) in [6, 6.07) is 23.8. The van der Waals surface area contributed by atoms with Crippen molar-refractivity contribution in [3.8, 4) is 5.75 Å². The lowest BCUT2D eigenvalue weighted by Gasteiger charge is -2.07. The van der Waals surface area contributed by atoms with Gasteiger partial charge < -0.3 is 19.5 Å². The first-order valence-electron chi connectivity index (χ1n) is 12.0. The molecule has 6 nitrogen and oxygen atoms in total. The van der Waals surface area contributed by atoms with Gasteiger partial charge in [0.2, 0.25) is 0 Å². The Balaban J connectivity index is 1.40. The monoisotopic (exact) mass is 483 g/mol. The third-order valence-corrected chi connectivity index (χ3v) is 5.97. The predicted octanol–water partition coefficient (Wildman–Crippen LogP) is 5.93. The molecule has 1 aromatic heterocycles. The van der Waals surface area contributed by atoms with Gasteiger partial charge >= 0.3 is 11.9 Å². The van der Waals surface area contributed by atoms with E-state index >= 15 is 0 Å². The van der Waals surface area contributed by atoms with Crippen LogP contribution < -0.4 is 4.74 Å². The summed E-state index contributed by atoms with van der Waals surface area (Å²) >= 11 is 0. The highest BCUT2D eigenvalue weighted by Gasteiger charge is 2.15. The largest absolute Gasteiger partial charge is 0.494 e. The highest BCUT2D eigenvalue weighted by atomic mass is 16.5. The lowest BCUT2D eigenvalue weighted by atomic mass is 10.0. The molecule has 0 bridgehead atoms. The normalized spacial score (nSPS) is 11.2. The molecule has 0 atom stereocenters. The molecule has 4 aromatic rings. The Morgan fingerprint density at radius 3 is 2.33 bits per heavy atom. The number of hydrogen-bond acceptors (Lipinski definition) is 3. The van der Waals surface area contributed by atoms with Gasteiger partial charge in [-0.3, -0.25) is 9.59 Å². The van der Waals surface area contributed by atoms with Crippen LogP contribution in [0.25, 0.3) is 23.1 Å². The van der Waals surface area contributed by atoms with Crippen LogP contribution in [0.2, 0.25) is 0 Å². The summed E-state index contributed by atoms with van der Waals surface area (Å²) in [6.45, 7) is 0.445. The molecular weight excluding hydrogens is 454 g/mol. The van der Waals surface area contributed by atoms with Crippen LogP contribution in [0.1, 0.15) is 35.1 Å². The number of rotatable bonds is 12. The second-order valence-corrected chi connectivity index (χ2v) is 8.68. The van der Waals surface area contributed by atoms with Crippen molar-refractivity contribution in [1.82, 2.24) is 4.57 Å². The first kappa shape index (κ1) is 24.8. The van der Waals surface area contributed by atoms with Gasteiger partial charge in [0.15, 0.2) is 0 Å². The highest BCUT2D eigenvalue weighted by molar-refractivity contribution is 5.96. The van der Waals surface area contributed by atoms with Gasteiger partial charge in [-0.1, -0.05) is 66.7 Å². The van der Waals surface area contributed by atoms with Crippen LogP contribution in [-0.4, -0.2) is 33.3 Å². The molecule has 0 unspecified atom stereocenters. The smallest absolute Gasteiger partial charge is 0.323 e. The van der Waals surface area contributed by atoms with Gasteiger partial charge in [-0.25, -0.2) is 0 Å². The van der Waals surface area contributed by atoms with Gasteiger partial charge in [0, 0.05) is 17.1 Å². The molecule has 4 rings (SSSR count). The van der Waals surface area contributed by atoms with Crippen molar-refractivity contribution in [2.75, 3.05) is 6.61 Å². The third kappa shape index (κ3) is 6.63. The molecule has 0 amide bonds. The summed E-state index contributed by atoms with van der Waals surface area (Å²) in [5, 5.41) is 19.3. The number of aromatic nitrogens is 1. The van der Waals surface area contributed by atoms with E-state index in [2.05, 4.69) is 24.3 Å². The molecule has 0 radical (unpaired) electrons. The molecule has 36 heavy (non-hydrogen) atoms. The topological polar surface area (TPSA) is 88.8 Å². The van der Waals surface area contributed by atoms with Crippen LogP contribution in [-0.2, 0) is 29.0 Å². The Morgan fingerprint density at radius 2 is 1.61 bits per heavy atom. The number of fused-ring (bicyclic) bond motifs is 1. The second-order valence-electron chi connectivity index (χ2n) is 8.68. The first-order chi connectivity index (χ1) is 17.5. The maximum Gasteiger partial charge on any atom is 0.323 e. The molecule has 1 heterocycles. The fraction of sp³-hybridized carbons (Fsp3) is 0.200. The van der Waals surface area contributed by atoms with Crippen molar-refractivity contribution in [3.63, 3.8) is 0 Å². The molecule has 0 aliphatic heterocycles. The van der Waals surface area contributed by atoms with Gasteiger partial charge in [0.25, 0.3) is 0 Å². The SMILES string of the molecule is O=C(O)Cc1cn(CC(=O)O)c2cccc(/C=C/c3ccc(OCCCCc4ccccc4)cc3)c12. The quantitative estimate of drug-likeness (QED) is 0.193. The van der Waals surface area contributed by atoms with E-state index in [0.29, 0.717) is 17.7 Å². The van der Waals surface area contributed by atoms with E-state index in [1.54, 1.807) is 10.8 Å². The summed E-state index contributed by atoms with van der Waals surface area (Å²) in [5.74, 6) is -1.12. The van der Waals surface area contributed by atoms with Crippen LogP contribution >= 0.6 is 0 Å². The van der Waals surface area contributed by atoms with Crippen molar-refractivity contribution in [2.24, 2.45) is 0 Å². The van der Waals surface area contributed by atoms with E-state index in [9.17, 15) is 19.8 Å². The van der Waals surface area contributed by atoms with Crippen LogP contribution in [0.15, 0.2) is 79.0 Å². The minimum absolute atomic E-state index is 0.175. The average Bonchev–Trinajstić information content (AvgIpc) is 3.20. The summed E-state index contributed by atoms with van der Waals surface area (Å²) in [6.07, 6.45) is 8.45. The molecule has 0 saturated heterocycles. The van der Waals surface area contributed by atoms with E-state index in [-0.39, 0.29) is 13.0 Å². The summed E-state index contributed by atoms with van der Waals surface area (Å²) < 4.78 is 7.46. The number of aryl methyl sites for hydroxylation is 1. The standard InChI is InChI=1S/C30H29NO5/c32-28(33)19-25-20-31(21-29(34)35)27-11-6-10-24(30(25)27)15-12-23-13-16-26(17-14-23)36-18-5-4-9-22-7-2-1-3-8-22/h1-3,6-8,10-17,20H,4-5,9,18-19,21H2,(H,32,33)(H,34,35)/b15-12+. The maximum absolute atomic E-state index is 11.4. The number of hydrogen-bond donors (Lipinski definition) is 2. The van der Waals surface area contributed by atoms with Gasteiger partial charge in [-0.05, 0) is 59.7 Å². The number of carbonyl (C=O) groups is 2. The number of nitrogens with zero attached hydrogens (tertiary/aromatic N) is 1. The molecule has 6 heteroatoms. The molecule has 184 valence electrons. The number of carboxylic acids is 2. The van der Waals surface area contributed by atoms with Gasteiger partial charge in [-0.15, -0.1) is 0 Å². The van der Waals surface area contributed by atoms with Crippen molar-refractivity contribution >= 4 is 35.0 Å². The molecule has 0 spiro atoms. The number of aliphatic carboxylic acids is 2. The zero-order chi connectivity index (χ0) is 25.3. The fourth-order valence-electron chi connectivity index (χ4n) is 4.31. The zero-order valence-corrected chi connectivity index (χ0v) is 20.0.